The molecule has 1 aliphatic heterocycles. The number of aromatic nitrogens is 2. The number of piperidine rings is 1. The summed E-state index contributed by atoms with van der Waals surface area (Å²) >= 11 is 0. The van der Waals surface area contributed by atoms with Gasteiger partial charge in [0.1, 0.15) is 18.1 Å². The van der Waals surface area contributed by atoms with Crippen LogP contribution in [0, 0.1) is 0 Å². The third-order valence-electron chi connectivity index (χ3n) is 4.58. The van der Waals surface area contributed by atoms with Gasteiger partial charge in [0, 0.05) is 37.6 Å². The molecule has 5 heteroatoms. The quantitative estimate of drug-likeness (QED) is 0.710. The van der Waals surface area contributed by atoms with E-state index >= 15 is 0 Å². The maximum absolute atomic E-state index is 6.34. The predicted molar refractivity (Wildman–Crippen MR) is 95.1 cm³/mol. The van der Waals surface area contributed by atoms with Gasteiger partial charge >= 0.3 is 0 Å². The van der Waals surface area contributed by atoms with Crippen molar-refractivity contribution < 1.29 is 9.15 Å². The van der Waals surface area contributed by atoms with Crippen LogP contribution < -0.4 is 4.74 Å². The molecule has 5 nitrogen and oxygen atoms in total. The van der Waals surface area contributed by atoms with Crippen LogP contribution >= 0.6 is 0 Å². The number of rotatable bonds is 5. The van der Waals surface area contributed by atoms with Gasteiger partial charge in [-0.3, -0.25) is 9.88 Å². The Balaban J connectivity index is 1.39. The molecule has 1 fully saturated rings. The molecule has 128 valence electrons. The summed E-state index contributed by atoms with van der Waals surface area (Å²) in [5, 5.41) is 0. The molecule has 0 spiro atoms. The molecule has 0 atom stereocenters. The maximum atomic E-state index is 6.34. The number of pyridine rings is 1. The van der Waals surface area contributed by atoms with Gasteiger partial charge in [0.05, 0.1) is 5.69 Å². The third kappa shape index (κ3) is 3.88. The number of hydrogen-bond donors (Lipinski definition) is 0. The number of para-hydroxylation sites is 1. The number of benzene rings is 1. The average Bonchev–Trinajstić information content (AvgIpc) is 3.18. The van der Waals surface area contributed by atoms with Gasteiger partial charge in [0.2, 0.25) is 0 Å². The lowest BCUT2D eigenvalue weighted by atomic mass is 10.0. The van der Waals surface area contributed by atoms with Gasteiger partial charge in [0.25, 0.3) is 0 Å². The SMILES string of the molecule is c1ccc(-c2ccncc2)c(OC2CCN(Cc3cocn3)CC2)c1. The first kappa shape index (κ1) is 15.8. The van der Waals surface area contributed by atoms with Gasteiger partial charge in [-0.15, -0.1) is 0 Å². The largest absolute Gasteiger partial charge is 0.490 e. The summed E-state index contributed by atoms with van der Waals surface area (Å²) in [4.78, 5) is 10.7. The Bertz CT molecular complexity index is 782. The highest BCUT2D eigenvalue weighted by molar-refractivity contribution is 5.69. The molecule has 3 aromatic rings. The van der Waals surface area contributed by atoms with Gasteiger partial charge in [-0.1, -0.05) is 18.2 Å². The minimum Gasteiger partial charge on any atom is -0.490 e. The monoisotopic (exact) mass is 335 g/mol. The summed E-state index contributed by atoms with van der Waals surface area (Å²) in [7, 11) is 0. The molecule has 1 saturated heterocycles. The normalized spacial score (nSPS) is 16.0. The zero-order chi connectivity index (χ0) is 16.9. The van der Waals surface area contributed by atoms with Crippen molar-refractivity contribution in [2.45, 2.75) is 25.5 Å². The first-order valence-corrected chi connectivity index (χ1v) is 8.64. The Labute approximate surface area is 147 Å². The molecule has 0 aliphatic carbocycles. The van der Waals surface area contributed by atoms with Crippen LogP contribution in [0.3, 0.4) is 0 Å². The molecular formula is C20H21N3O2. The fourth-order valence-corrected chi connectivity index (χ4v) is 3.25. The van der Waals surface area contributed by atoms with Crippen molar-refractivity contribution in [1.29, 1.82) is 0 Å². The minimum absolute atomic E-state index is 0.247. The lowest BCUT2D eigenvalue weighted by Gasteiger charge is -2.32. The molecule has 0 unspecified atom stereocenters. The van der Waals surface area contributed by atoms with Crippen LogP contribution in [0.4, 0.5) is 0 Å². The van der Waals surface area contributed by atoms with Crippen LogP contribution in [0.15, 0.2) is 65.9 Å². The summed E-state index contributed by atoms with van der Waals surface area (Å²) in [6.45, 7) is 2.86. The first-order valence-electron chi connectivity index (χ1n) is 8.64. The molecule has 0 amide bonds. The van der Waals surface area contributed by atoms with E-state index in [0.29, 0.717) is 0 Å². The molecule has 25 heavy (non-hydrogen) atoms. The molecule has 0 radical (unpaired) electrons. The Morgan fingerprint density at radius 1 is 1.08 bits per heavy atom. The Hall–Kier alpha value is -2.66. The molecule has 1 aromatic carbocycles. The molecule has 3 heterocycles. The topological polar surface area (TPSA) is 51.4 Å². The van der Waals surface area contributed by atoms with Gasteiger partial charge in [-0.2, -0.15) is 0 Å². The van der Waals surface area contributed by atoms with Crippen LogP contribution in [0.2, 0.25) is 0 Å². The van der Waals surface area contributed by atoms with Crippen molar-refractivity contribution in [2.24, 2.45) is 0 Å². The summed E-state index contributed by atoms with van der Waals surface area (Å²) in [6.07, 6.45) is 9.11. The van der Waals surface area contributed by atoms with Gasteiger partial charge < -0.3 is 9.15 Å². The Morgan fingerprint density at radius 3 is 2.64 bits per heavy atom. The average molecular weight is 335 g/mol. The highest BCUT2D eigenvalue weighted by Gasteiger charge is 2.22. The standard InChI is InChI=1S/C20H21N3O2/c1-2-4-20(19(3-1)16-5-9-21-10-6-16)25-18-7-11-23(12-8-18)13-17-14-24-15-22-17/h1-6,9-10,14-15,18H,7-8,11-13H2. The Morgan fingerprint density at radius 2 is 1.88 bits per heavy atom. The fourth-order valence-electron chi connectivity index (χ4n) is 3.25. The number of nitrogens with zero attached hydrogens (tertiary/aromatic N) is 3. The first-order chi connectivity index (χ1) is 12.4. The lowest BCUT2D eigenvalue weighted by Crippen LogP contribution is -2.37. The molecular weight excluding hydrogens is 314 g/mol. The van der Waals surface area contributed by atoms with Gasteiger partial charge in [-0.05, 0) is 36.6 Å². The second-order valence-electron chi connectivity index (χ2n) is 6.31. The minimum atomic E-state index is 0.247. The maximum Gasteiger partial charge on any atom is 0.180 e. The van der Waals surface area contributed by atoms with E-state index in [2.05, 4.69) is 27.0 Å². The number of oxazole rings is 1. The summed E-state index contributed by atoms with van der Waals surface area (Å²) in [5.41, 5.74) is 3.24. The van der Waals surface area contributed by atoms with E-state index in [1.54, 1.807) is 6.26 Å². The molecule has 0 N–H and O–H groups in total. The van der Waals surface area contributed by atoms with Crippen molar-refractivity contribution in [3.8, 4) is 16.9 Å². The second kappa shape index (κ2) is 7.49. The second-order valence-corrected chi connectivity index (χ2v) is 6.31. The third-order valence-corrected chi connectivity index (χ3v) is 4.58. The van der Waals surface area contributed by atoms with E-state index in [1.165, 1.54) is 6.39 Å². The van der Waals surface area contributed by atoms with Crippen LogP contribution in [0.1, 0.15) is 18.5 Å². The van der Waals surface area contributed by atoms with Gasteiger partial charge in [-0.25, -0.2) is 4.98 Å². The smallest absolute Gasteiger partial charge is 0.180 e. The van der Waals surface area contributed by atoms with Crippen LogP contribution in [0.25, 0.3) is 11.1 Å². The van der Waals surface area contributed by atoms with Gasteiger partial charge in [0.15, 0.2) is 6.39 Å². The van der Waals surface area contributed by atoms with Crippen molar-refractivity contribution in [2.75, 3.05) is 13.1 Å². The van der Waals surface area contributed by atoms with Crippen molar-refractivity contribution in [3.05, 3.63) is 67.1 Å². The fraction of sp³-hybridized carbons (Fsp3) is 0.300. The van der Waals surface area contributed by atoms with Crippen LogP contribution in [-0.4, -0.2) is 34.1 Å². The Kier molecular flexibility index (Phi) is 4.74. The van der Waals surface area contributed by atoms with Crippen molar-refractivity contribution >= 4 is 0 Å². The number of ether oxygens (including phenoxy) is 1. The zero-order valence-electron chi connectivity index (χ0n) is 14.0. The lowest BCUT2D eigenvalue weighted by molar-refractivity contribution is 0.0965. The van der Waals surface area contributed by atoms with Crippen molar-refractivity contribution in [1.82, 2.24) is 14.9 Å². The van der Waals surface area contributed by atoms with E-state index in [0.717, 1.165) is 55.0 Å². The summed E-state index contributed by atoms with van der Waals surface area (Å²) in [6, 6.07) is 12.3. The summed E-state index contributed by atoms with van der Waals surface area (Å²) < 4.78 is 11.4. The zero-order valence-corrected chi connectivity index (χ0v) is 14.0. The summed E-state index contributed by atoms with van der Waals surface area (Å²) in [5.74, 6) is 0.948. The molecule has 2 aromatic heterocycles. The molecule has 1 aliphatic rings. The highest BCUT2D eigenvalue weighted by Crippen LogP contribution is 2.31. The van der Waals surface area contributed by atoms with E-state index < -0.39 is 0 Å². The van der Waals surface area contributed by atoms with E-state index in [9.17, 15) is 0 Å². The molecule has 0 bridgehead atoms. The highest BCUT2D eigenvalue weighted by atomic mass is 16.5. The number of likely N-dealkylation sites (tertiary alicyclic amines) is 1. The van der Waals surface area contributed by atoms with E-state index in [4.69, 9.17) is 9.15 Å². The number of hydrogen-bond acceptors (Lipinski definition) is 5. The van der Waals surface area contributed by atoms with Crippen molar-refractivity contribution in [3.63, 3.8) is 0 Å². The molecule has 0 saturated carbocycles. The van der Waals surface area contributed by atoms with Crippen LogP contribution in [0.5, 0.6) is 5.75 Å². The van der Waals surface area contributed by atoms with E-state index in [1.807, 2.05) is 36.7 Å². The predicted octanol–water partition coefficient (Wildman–Crippen LogP) is 3.78. The van der Waals surface area contributed by atoms with E-state index in [-0.39, 0.29) is 6.10 Å². The van der Waals surface area contributed by atoms with Crippen LogP contribution in [-0.2, 0) is 6.54 Å². The molecule has 4 rings (SSSR count).